The van der Waals surface area contributed by atoms with Crippen LogP contribution in [-0.2, 0) is 16.3 Å². The highest BCUT2D eigenvalue weighted by Crippen LogP contribution is 2.28. The molecule has 0 unspecified atom stereocenters. The first-order valence-electron chi connectivity index (χ1n) is 11.8. The van der Waals surface area contributed by atoms with Gasteiger partial charge in [-0.1, -0.05) is 30.3 Å². The summed E-state index contributed by atoms with van der Waals surface area (Å²) in [6.45, 7) is 2.20. The lowest BCUT2D eigenvalue weighted by Gasteiger charge is -2.26. The van der Waals surface area contributed by atoms with Gasteiger partial charge >= 0.3 is 0 Å². The number of sulfone groups is 1. The van der Waals surface area contributed by atoms with Gasteiger partial charge in [-0.15, -0.1) is 0 Å². The highest BCUT2D eigenvalue weighted by Gasteiger charge is 2.21. The first-order chi connectivity index (χ1) is 16.5. The highest BCUT2D eigenvalue weighted by molar-refractivity contribution is 7.91. The molecule has 0 amide bonds. The fraction of sp³-hybridized carbons (Fsp3) is 0.296. The van der Waals surface area contributed by atoms with E-state index in [-0.39, 0.29) is 11.5 Å². The number of para-hydroxylation sites is 1. The van der Waals surface area contributed by atoms with E-state index in [4.69, 9.17) is 4.98 Å². The molecule has 176 valence electrons. The summed E-state index contributed by atoms with van der Waals surface area (Å²) in [6, 6.07) is 22.9. The Morgan fingerprint density at radius 1 is 0.941 bits per heavy atom. The van der Waals surface area contributed by atoms with Gasteiger partial charge in [-0.2, -0.15) is 0 Å². The molecule has 0 bridgehead atoms. The van der Waals surface area contributed by atoms with Crippen molar-refractivity contribution in [2.45, 2.75) is 12.8 Å². The molecule has 5 rings (SSSR count). The van der Waals surface area contributed by atoms with E-state index in [0.29, 0.717) is 13.1 Å². The third kappa shape index (κ3) is 4.86. The van der Waals surface area contributed by atoms with E-state index in [1.165, 1.54) is 10.9 Å². The van der Waals surface area contributed by atoms with Gasteiger partial charge < -0.3 is 14.8 Å². The van der Waals surface area contributed by atoms with E-state index >= 15 is 0 Å². The third-order valence-corrected chi connectivity index (χ3v) is 8.20. The number of hydrogen-bond acceptors (Lipinski definition) is 5. The molecule has 0 spiro atoms. The molecular formula is C27H30N4O2S. The summed E-state index contributed by atoms with van der Waals surface area (Å²) in [5, 5.41) is 4.33. The summed E-state index contributed by atoms with van der Waals surface area (Å²) in [6.07, 6.45) is 4.13. The summed E-state index contributed by atoms with van der Waals surface area (Å²) in [4.78, 5) is 7.34. The Hall–Kier alpha value is -3.16. The van der Waals surface area contributed by atoms with Crippen LogP contribution in [0.4, 0.5) is 5.69 Å². The maximum Gasteiger partial charge on any atom is 0.152 e. The normalized spacial score (nSPS) is 16.0. The van der Waals surface area contributed by atoms with Crippen LogP contribution in [0.1, 0.15) is 12.0 Å². The number of rotatable bonds is 7. The molecule has 0 aliphatic carbocycles. The summed E-state index contributed by atoms with van der Waals surface area (Å²) >= 11 is 0. The predicted molar refractivity (Wildman–Crippen MR) is 139 cm³/mol. The van der Waals surface area contributed by atoms with Crippen LogP contribution in [0, 0.1) is 0 Å². The van der Waals surface area contributed by atoms with Gasteiger partial charge in [0.1, 0.15) is 5.65 Å². The van der Waals surface area contributed by atoms with Crippen LogP contribution in [0.15, 0.2) is 72.9 Å². The zero-order chi connectivity index (χ0) is 23.5. The minimum Gasteiger partial charge on any atom is -0.388 e. The van der Waals surface area contributed by atoms with Crippen LogP contribution >= 0.6 is 0 Å². The Balaban J connectivity index is 1.42. The van der Waals surface area contributed by atoms with Gasteiger partial charge in [-0.05, 0) is 61.3 Å². The van der Waals surface area contributed by atoms with Crippen molar-refractivity contribution in [2.75, 3.05) is 43.5 Å². The number of aryl methyl sites for hydroxylation is 1. The second-order valence-corrected chi connectivity index (χ2v) is 11.2. The zero-order valence-corrected chi connectivity index (χ0v) is 20.3. The van der Waals surface area contributed by atoms with Crippen LogP contribution in [-0.4, -0.2) is 61.1 Å². The van der Waals surface area contributed by atoms with Crippen LogP contribution in [0.5, 0.6) is 0 Å². The Morgan fingerprint density at radius 3 is 2.38 bits per heavy atom. The number of fused-ring (bicyclic) bond motifs is 1. The molecule has 0 radical (unpaired) electrons. The van der Waals surface area contributed by atoms with Gasteiger partial charge in [0.15, 0.2) is 9.84 Å². The quantitative estimate of drug-likeness (QED) is 0.430. The van der Waals surface area contributed by atoms with Gasteiger partial charge in [0.2, 0.25) is 0 Å². The molecule has 0 atom stereocenters. The monoisotopic (exact) mass is 474 g/mol. The summed E-state index contributed by atoms with van der Waals surface area (Å²) < 4.78 is 25.6. The van der Waals surface area contributed by atoms with Crippen LogP contribution in [0.2, 0.25) is 0 Å². The first kappa shape index (κ1) is 22.6. The Kier molecular flexibility index (Phi) is 6.39. The molecule has 2 aromatic carbocycles. The number of aromatic nitrogens is 2. The van der Waals surface area contributed by atoms with Crippen molar-refractivity contribution in [3.05, 3.63) is 78.5 Å². The Labute approximate surface area is 201 Å². The Morgan fingerprint density at radius 2 is 1.68 bits per heavy atom. The molecule has 0 saturated carbocycles. The molecule has 6 nitrogen and oxygen atoms in total. The fourth-order valence-electron chi connectivity index (χ4n) is 4.59. The first-order valence-corrected chi connectivity index (χ1v) is 13.6. The fourth-order valence-corrected chi connectivity index (χ4v) is 5.87. The lowest BCUT2D eigenvalue weighted by Crippen LogP contribution is -2.40. The number of benzene rings is 2. The standard InChI is InChI=1S/C27H30N4O2S/c1-28-23-11-9-21(10-12-23)26-14-13-25-22(6-5-15-30-16-18-34(32,33)19-17-30)20-31(27(25)29-26)24-7-3-2-4-8-24/h2-4,7-14,20,28H,5-6,15-19H2,1H3. The number of anilines is 1. The van der Waals surface area contributed by atoms with Gasteiger partial charge in [0, 0.05) is 48.7 Å². The second kappa shape index (κ2) is 9.60. The van der Waals surface area contributed by atoms with Crippen molar-refractivity contribution in [1.29, 1.82) is 0 Å². The van der Waals surface area contributed by atoms with E-state index in [1.807, 2.05) is 25.2 Å². The molecular weight excluding hydrogens is 444 g/mol. The summed E-state index contributed by atoms with van der Waals surface area (Å²) in [7, 11) is -0.919. The average molecular weight is 475 g/mol. The summed E-state index contributed by atoms with van der Waals surface area (Å²) in [5.74, 6) is 0.560. The SMILES string of the molecule is CNc1ccc(-c2ccc3c(CCCN4CCS(=O)(=O)CC4)cn(-c4ccccc4)c3n2)cc1. The van der Waals surface area contributed by atoms with E-state index in [2.05, 4.69) is 69.5 Å². The molecule has 1 fully saturated rings. The number of hydrogen-bond donors (Lipinski definition) is 1. The molecule has 4 aromatic rings. The van der Waals surface area contributed by atoms with Crippen LogP contribution in [0.3, 0.4) is 0 Å². The molecule has 7 heteroatoms. The summed E-state index contributed by atoms with van der Waals surface area (Å²) in [5.41, 5.74) is 6.43. The minimum atomic E-state index is -2.84. The van der Waals surface area contributed by atoms with Crippen molar-refractivity contribution < 1.29 is 8.42 Å². The predicted octanol–water partition coefficient (Wildman–Crippen LogP) is 4.40. The zero-order valence-electron chi connectivity index (χ0n) is 19.4. The Bertz CT molecular complexity index is 1370. The topological polar surface area (TPSA) is 67.2 Å². The molecule has 1 aliphatic rings. The minimum absolute atomic E-state index is 0.280. The lowest BCUT2D eigenvalue weighted by molar-refractivity contribution is 0.292. The molecule has 1 saturated heterocycles. The van der Waals surface area contributed by atoms with Crippen molar-refractivity contribution in [3.8, 4) is 16.9 Å². The second-order valence-electron chi connectivity index (χ2n) is 8.85. The smallest absolute Gasteiger partial charge is 0.152 e. The van der Waals surface area contributed by atoms with Gasteiger partial charge in [0.25, 0.3) is 0 Å². The maximum absolute atomic E-state index is 11.7. The number of nitrogens with zero attached hydrogens (tertiary/aromatic N) is 3. The van der Waals surface area contributed by atoms with Gasteiger partial charge in [0.05, 0.1) is 17.2 Å². The largest absolute Gasteiger partial charge is 0.388 e. The maximum atomic E-state index is 11.7. The van der Waals surface area contributed by atoms with Crippen LogP contribution in [0.25, 0.3) is 28.0 Å². The van der Waals surface area contributed by atoms with E-state index in [1.54, 1.807) is 0 Å². The van der Waals surface area contributed by atoms with E-state index in [0.717, 1.165) is 47.7 Å². The van der Waals surface area contributed by atoms with Crippen molar-refractivity contribution >= 4 is 26.6 Å². The van der Waals surface area contributed by atoms with Crippen LogP contribution < -0.4 is 5.32 Å². The number of nitrogens with one attached hydrogen (secondary N) is 1. The molecule has 1 aliphatic heterocycles. The third-order valence-electron chi connectivity index (χ3n) is 6.60. The highest BCUT2D eigenvalue weighted by atomic mass is 32.2. The molecule has 34 heavy (non-hydrogen) atoms. The van der Waals surface area contributed by atoms with Crippen molar-refractivity contribution in [3.63, 3.8) is 0 Å². The average Bonchev–Trinajstić information content (AvgIpc) is 3.23. The molecule has 2 aromatic heterocycles. The molecule has 3 heterocycles. The molecule has 1 N–H and O–H groups in total. The van der Waals surface area contributed by atoms with E-state index in [9.17, 15) is 8.42 Å². The van der Waals surface area contributed by atoms with Gasteiger partial charge in [-0.25, -0.2) is 13.4 Å². The number of pyridine rings is 1. The van der Waals surface area contributed by atoms with Crippen molar-refractivity contribution in [2.24, 2.45) is 0 Å². The van der Waals surface area contributed by atoms with Gasteiger partial charge in [-0.3, -0.25) is 0 Å². The van der Waals surface area contributed by atoms with E-state index < -0.39 is 9.84 Å². The lowest BCUT2D eigenvalue weighted by atomic mass is 10.1. The van der Waals surface area contributed by atoms with Crippen molar-refractivity contribution in [1.82, 2.24) is 14.5 Å².